The molecule has 0 spiro atoms. The maximum Gasteiger partial charge on any atom is 0.0655 e. The van der Waals surface area contributed by atoms with Crippen LogP contribution in [0.5, 0.6) is 0 Å². The molecule has 0 aliphatic heterocycles. The molecule has 0 saturated carbocycles. The summed E-state index contributed by atoms with van der Waals surface area (Å²) in [6.45, 7) is 4.08. The number of hydrogen-bond acceptors (Lipinski definition) is 1. The molecule has 0 N–H and O–H groups in total. The summed E-state index contributed by atoms with van der Waals surface area (Å²) in [7, 11) is 0. The zero-order chi connectivity index (χ0) is 5.70. The fraction of sp³-hybridized carbons (Fsp3) is 0.833. The molecule has 0 rings (SSSR count). The Labute approximate surface area is 45.0 Å². The van der Waals surface area contributed by atoms with Crippen LogP contribution in [0, 0.1) is 17.2 Å². The molecule has 40 valence electrons. The van der Waals surface area contributed by atoms with Crippen LogP contribution in [0.25, 0.3) is 0 Å². The number of nitrogens with zero attached hydrogens (tertiary/aromatic N) is 1. The summed E-state index contributed by atoms with van der Waals surface area (Å²) >= 11 is 0. The molecule has 0 aromatic rings. The Hall–Kier alpha value is -0.510. The number of rotatable bonds is 2. The molecule has 0 fully saturated rings. The Morgan fingerprint density at radius 1 is 1.43 bits per heavy atom. The minimum atomic E-state index is 0.292. The number of hydrogen-bond donors (Lipinski definition) is 0. The number of nitriles is 1. The molecule has 7 heavy (non-hydrogen) atoms. The minimum absolute atomic E-state index is 0.292. The fourth-order valence-corrected chi connectivity index (χ4v) is 0.471. The van der Waals surface area contributed by atoms with Gasteiger partial charge in [0.2, 0.25) is 0 Å². The van der Waals surface area contributed by atoms with Crippen LogP contribution in [0.15, 0.2) is 0 Å². The summed E-state index contributed by atoms with van der Waals surface area (Å²) < 4.78 is 0. The third-order valence-corrected chi connectivity index (χ3v) is 1.17. The Kier molecular flexibility index (Phi) is 3.40. The van der Waals surface area contributed by atoms with Gasteiger partial charge in [-0.15, -0.1) is 0 Å². The zero-order valence-electron chi connectivity index (χ0n) is 4.94. The van der Waals surface area contributed by atoms with Crippen molar-refractivity contribution in [2.45, 2.75) is 26.7 Å². The summed E-state index contributed by atoms with van der Waals surface area (Å²) in [5, 5.41) is 8.28. The molecule has 0 bridgehead atoms. The van der Waals surface area contributed by atoms with Gasteiger partial charge < -0.3 is 0 Å². The van der Waals surface area contributed by atoms with Crippen molar-refractivity contribution in [3.05, 3.63) is 0 Å². The quantitative estimate of drug-likeness (QED) is 0.516. The van der Waals surface area contributed by atoms with Crippen LogP contribution in [0.2, 0.25) is 0 Å². The third-order valence-electron chi connectivity index (χ3n) is 1.17. The molecule has 0 atom stereocenters. The monoisotopic (exact) mass is 97.1 g/mol. The van der Waals surface area contributed by atoms with Gasteiger partial charge in [-0.2, -0.15) is 5.26 Å². The average Bonchev–Trinajstić information content (AvgIpc) is 1.72. The topological polar surface area (TPSA) is 23.8 Å². The Morgan fingerprint density at radius 2 is 1.86 bits per heavy atom. The predicted octanol–water partition coefficient (Wildman–Crippen LogP) is 1.95. The van der Waals surface area contributed by atoms with Crippen molar-refractivity contribution >= 4 is 0 Å². The highest BCUT2D eigenvalue weighted by Crippen LogP contribution is 2.03. The normalized spacial score (nSPS) is 8.86. The molecule has 0 aromatic heterocycles. The molecular weight excluding hydrogens is 86.1 g/mol. The molecule has 0 unspecified atom stereocenters. The van der Waals surface area contributed by atoms with E-state index in [2.05, 4.69) is 6.07 Å². The second kappa shape index (κ2) is 3.67. The van der Waals surface area contributed by atoms with Crippen molar-refractivity contribution in [1.29, 1.82) is 5.26 Å². The van der Waals surface area contributed by atoms with E-state index < -0.39 is 0 Å². The van der Waals surface area contributed by atoms with Crippen molar-refractivity contribution in [2.75, 3.05) is 0 Å². The van der Waals surface area contributed by atoms with Crippen molar-refractivity contribution in [2.24, 2.45) is 5.92 Å². The molecule has 0 aromatic carbocycles. The second-order valence-corrected chi connectivity index (χ2v) is 1.64. The second-order valence-electron chi connectivity index (χ2n) is 1.64. The molecule has 1 nitrogen and oxygen atoms in total. The van der Waals surface area contributed by atoms with Gasteiger partial charge >= 0.3 is 0 Å². The summed E-state index contributed by atoms with van der Waals surface area (Å²) in [5.74, 6) is 0.292. The molecular formula is C6H11N. The van der Waals surface area contributed by atoms with E-state index >= 15 is 0 Å². The molecule has 0 heterocycles. The molecule has 0 aliphatic carbocycles. The van der Waals surface area contributed by atoms with E-state index in [0.29, 0.717) is 5.92 Å². The lowest BCUT2D eigenvalue weighted by Crippen LogP contribution is -1.88. The van der Waals surface area contributed by atoms with Crippen LogP contribution in [-0.2, 0) is 0 Å². The first-order valence-corrected chi connectivity index (χ1v) is 2.74. The highest BCUT2D eigenvalue weighted by molar-refractivity contribution is 4.79. The predicted molar refractivity (Wildman–Crippen MR) is 29.7 cm³/mol. The Bertz CT molecular complexity index is 66.7. The molecule has 0 aliphatic rings. The van der Waals surface area contributed by atoms with Crippen LogP contribution in [0.4, 0.5) is 0 Å². The van der Waals surface area contributed by atoms with Gasteiger partial charge in [0.15, 0.2) is 0 Å². The van der Waals surface area contributed by atoms with Gasteiger partial charge in [0.1, 0.15) is 0 Å². The van der Waals surface area contributed by atoms with Crippen molar-refractivity contribution in [3.8, 4) is 6.07 Å². The first-order valence-electron chi connectivity index (χ1n) is 2.74. The molecule has 0 amide bonds. The van der Waals surface area contributed by atoms with Crippen LogP contribution >= 0.6 is 0 Å². The van der Waals surface area contributed by atoms with Crippen LogP contribution in [0.3, 0.4) is 0 Å². The summed E-state index contributed by atoms with van der Waals surface area (Å²) in [6.07, 6.45) is 1.99. The van der Waals surface area contributed by atoms with Gasteiger partial charge in [0.25, 0.3) is 0 Å². The smallest absolute Gasteiger partial charge is 0.0655 e. The lowest BCUT2D eigenvalue weighted by atomic mass is 10.1. The highest BCUT2D eigenvalue weighted by atomic mass is 14.3. The van der Waals surface area contributed by atoms with E-state index in [4.69, 9.17) is 5.26 Å². The highest BCUT2D eigenvalue weighted by Gasteiger charge is 1.96. The van der Waals surface area contributed by atoms with Gasteiger partial charge in [-0.3, -0.25) is 0 Å². The van der Waals surface area contributed by atoms with Gasteiger partial charge in [0.05, 0.1) is 6.07 Å². The molecule has 0 radical (unpaired) electrons. The molecule has 0 saturated heterocycles. The third kappa shape index (κ3) is 2.22. The van der Waals surface area contributed by atoms with Crippen LogP contribution < -0.4 is 0 Å². The first-order chi connectivity index (χ1) is 3.35. The van der Waals surface area contributed by atoms with Gasteiger partial charge in [0, 0.05) is 5.92 Å². The van der Waals surface area contributed by atoms with Crippen molar-refractivity contribution in [1.82, 2.24) is 0 Å². The van der Waals surface area contributed by atoms with E-state index in [1.165, 1.54) is 0 Å². The van der Waals surface area contributed by atoms with E-state index in [1.807, 2.05) is 13.8 Å². The van der Waals surface area contributed by atoms with Crippen molar-refractivity contribution in [3.63, 3.8) is 0 Å². The summed E-state index contributed by atoms with van der Waals surface area (Å²) in [4.78, 5) is 0. The maximum atomic E-state index is 8.28. The molecule has 1 heteroatoms. The Morgan fingerprint density at radius 3 is 1.86 bits per heavy atom. The van der Waals surface area contributed by atoms with Gasteiger partial charge in [-0.25, -0.2) is 0 Å². The van der Waals surface area contributed by atoms with Crippen molar-refractivity contribution < 1.29 is 0 Å². The maximum absolute atomic E-state index is 8.28. The SMILES string of the molecule is CCC(C#N)CC. The summed E-state index contributed by atoms with van der Waals surface area (Å²) in [6, 6.07) is 2.20. The van der Waals surface area contributed by atoms with Gasteiger partial charge in [-0.1, -0.05) is 13.8 Å². The average molecular weight is 97.2 g/mol. The Balaban J connectivity index is 3.23. The van der Waals surface area contributed by atoms with Crippen LogP contribution in [-0.4, -0.2) is 0 Å². The van der Waals surface area contributed by atoms with E-state index in [-0.39, 0.29) is 0 Å². The zero-order valence-corrected chi connectivity index (χ0v) is 4.94. The summed E-state index contributed by atoms with van der Waals surface area (Å²) in [5.41, 5.74) is 0. The first kappa shape index (κ1) is 6.49. The van der Waals surface area contributed by atoms with Gasteiger partial charge in [-0.05, 0) is 12.8 Å². The minimum Gasteiger partial charge on any atom is -0.198 e. The van der Waals surface area contributed by atoms with E-state index in [1.54, 1.807) is 0 Å². The van der Waals surface area contributed by atoms with Crippen LogP contribution in [0.1, 0.15) is 26.7 Å². The van der Waals surface area contributed by atoms with E-state index in [9.17, 15) is 0 Å². The largest absolute Gasteiger partial charge is 0.198 e. The fourth-order valence-electron chi connectivity index (χ4n) is 0.471. The lowest BCUT2D eigenvalue weighted by Gasteiger charge is -1.95. The standard InChI is InChI=1S/C6H11N/c1-3-6(4-2)5-7/h6H,3-4H2,1-2H3. The lowest BCUT2D eigenvalue weighted by molar-refractivity contribution is 0.620. The van der Waals surface area contributed by atoms with E-state index in [0.717, 1.165) is 12.8 Å².